The van der Waals surface area contributed by atoms with Gasteiger partial charge < -0.3 is 5.73 Å². The van der Waals surface area contributed by atoms with Gasteiger partial charge in [-0.05, 0) is 38.5 Å². The molecule has 0 fully saturated rings. The van der Waals surface area contributed by atoms with E-state index in [0.29, 0.717) is 12.0 Å². The Bertz CT molecular complexity index is 602. The second-order valence-electron chi connectivity index (χ2n) is 4.92. The molecule has 1 amide bonds. The zero-order valence-corrected chi connectivity index (χ0v) is 12.6. The Hall–Kier alpha value is -2.49. The van der Waals surface area contributed by atoms with E-state index in [2.05, 4.69) is 4.98 Å². The largest absolute Gasteiger partial charge is 0.366 e. The van der Waals surface area contributed by atoms with Gasteiger partial charge in [0, 0.05) is 18.3 Å². The lowest BCUT2D eigenvalue weighted by Gasteiger charge is -1.96. The number of hydrogen-bond acceptors (Lipinski definition) is 3. The number of nitrogens with two attached hydrogens (primary N) is 1. The van der Waals surface area contributed by atoms with E-state index in [4.69, 9.17) is 5.73 Å². The molecule has 0 saturated heterocycles. The summed E-state index contributed by atoms with van der Waals surface area (Å²) in [5.74, 6) is -0.221. The first-order valence-corrected chi connectivity index (χ1v) is 6.66. The molecule has 4 heteroatoms. The zero-order chi connectivity index (χ0) is 15.8. The Morgan fingerprint density at radius 1 is 1.05 bits per heavy atom. The van der Waals surface area contributed by atoms with Crippen molar-refractivity contribution < 1.29 is 9.59 Å². The maximum Gasteiger partial charge on any atom is 0.250 e. The van der Waals surface area contributed by atoms with Crippen LogP contribution in [-0.4, -0.2) is 16.7 Å². The number of carbonyl (C=O) groups is 2. The first kappa shape index (κ1) is 16.6. The molecule has 0 bridgehead atoms. The minimum atomic E-state index is -0.438. The molecule has 0 aliphatic heterocycles. The predicted octanol–water partition coefficient (Wildman–Crippen LogP) is 2.62. The quantitative estimate of drug-likeness (QED) is 0.941. The van der Waals surface area contributed by atoms with Crippen LogP contribution in [0.2, 0.25) is 0 Å². The number of rotatable bonds is 3. The number of nitrogens with zero attached hydrogens (tertiary/aromatic N) is 1. The number of carbonyl (C=O) groups excluding carboxylic acids is 2. The molecule has 0 aliphatic carbocycles. The van der Waals surface area contributed by atoms with Crippen LogP contribution in [-0.2, 0) is 11.2 Å². The minimum absolute atomic E-state index is 0.217. The van der Waals surface area contributed by atoms with Gasteiger partial charge in [-0.1, -0.05) is 29.8 Å². The number of aromatic nitrogens is 1. The van der Waals surface area contributed by atoms with Gasteiger partial charge in [-0.2, -0.15) is 0 Å². The molecule has 0 spiro atoms. The summed E-state index contributed by atoms with van der Waals surface area (Å²) >= 11 is 0. The number of Topliss-reactive ketones (excluding diaryl/α,β-unsaturated/α-hetero) is 1. The van der Waals surface area contributed by atoms with Gasteiger partial charge >= 0.3 is 0 Å². The molecule has 0 unspecified atom stereocenters. The van der Waals surface area contributed by atoms with Gasteiger partial charge in [-0.25, -0.2) is 0 Å². The highest BCUT2D eigenvalue weighted by molar-refractivity contribution is 5.92. The summed E-state index contributed by atoms with van der Waals surface area (Å²) in [6, 6.07) is 11.5. The number of primary amides is 1. The Labute approximate surface area is 125 Å². The van der Waals surface area contributed by atoms with Crippen molar-refractivity contribution in [3.8, 4) is 0 Å². The molecular formula is C17H20N2O2. The van der Waals surface area contributed by atoms with Gasteiger partial charge in [0.05, 0.1) is 5.56 Å². The van der Waals surface area contributed by atoms with E-state index in [1.807, 2.05) is 38.1 Å². The van der Waals surface area contributed by atoms with Crippen LogP contribution in [0.15, 0.2) is 42.6 Å². The average Bonchev–Trinajstić information content (AvgIpc) is 2.42. The van der Waals surface area contributed by atoms with Gasteiger partial charge in [0.15, 0.2) is 0 Å². The smallest absolute Gasteiger partial charge is 0.250 e. The number of aryl methyl sites for hydroxylation is 2. The number of ketones is 1. The summed E-state index contributed by atoms with van der Waals surface area (Å²) in [5, 5.41) is 0. The third kappa shape index (κ3) is 6.47. The second-order valence-corrected chi connectivity index (χ2v) is 4.92. The van der Waals surface area contributed by atoms with Gasteiger partial charge in [-0.3, -0.25) is 14.6 Å². The van der Waals surface area contributed by atoms with Crippen molar-refractivity contribution in [1.29, 1.82) is 0 Å². The fraction of sp³-hybridized carbons (Fsp3) is 0.235. The second kappa shape index (κ2) is 7.94. The third-order valence-electron chi connectivity index (χ3n) is 2.77. The summed E-state index contributed by atoms with van der Waals surface area (Å²) < 4.78 is 0. The molecule has 2 rings (SSSR count). The molecule has 21 heavy (non-hydrogen) atoms. The molecule has 0 radical (unpaired) electrons. The van der Waals surface area contributed by atoms with Gasteiger partial charge in [0.1, 0.15) is 5.78 Å². The number of hydrogen-bond donors (Lipinski definition) is 1. The lowest BCUT2D eigenvalue weighted by Crippen LogP contribution is -2.10. The van der Waals surface area contributed by atoms with Crippen molar-refractivity contribution in [2.24, 2.45) is 5.73 Å². The van der Waals surface area contributed by atoms with E-state index in [1.165, 1.54) is 11.8 Å². The van der Waals surface area contributed by atoms with Crippen molar-refractivity contribution in [2.75, 3.05) is 0 Å². The van der Waals surface area contributed by atoms with Crippen molar-refractivity contribution in [1.82, 2.24) is 4.98 Å². The van der Waals surface area contributed by atoms with Gasteiger partial charge in [0.2, 0.25) is 5.91 Å². The maximum absolute atomic E-state index is 10.7. The highest BCUT2D eigenvalue weighted by atomic mass is 16.1. The van der Waals surface area contributed by atoms with Crippen molar-refractivity contribution >= 4 is 11.7 Å². The van der Waals surface area contributed by atoms with E-state index in [1.54, 1.807) is 19.1 Å². The molecule has 4 nitrogen and oxygen atoms in total. The van der Waals surface area contributed by atoms with Crippen LogP contribution in [0, 0.1) is 13.8 Å². The first-order chi connectivity index (χ1) is 9.88. The highest BCUT2D eigenvalue weighted by Gasteiger charge is 1.97. The molecular weight excluding hydrogens is 264 g/mol. The summed E-state index contributed by atoms with van der Waals surface area (Å²) in [4.78, 5) is 25.1. The van der Waals surface area contributed by atoms with Crippen LogP contribution in [0.4, 0.5) is 0 Å². The van der Waals surface area contributed by atoms with E-state index in [0.717, 1.165) is 11.3 Å². The molecule has 0 atom stereocenters. The van der Waals surface area contributed by atoms with Crippen LogP contribution in [0.5, 0.6) is 0 Å². The zero-order valence-electron chi connectivity index (χ0n) is 12.6. The molecule has 2 N–H and O–H groups in total. The lowest BCUT2D eigenvalue weighted by molar-refractivity contribution is -0.116. The molecule has 1 aromatic heterocycles. The van der Waals surface area contributed by atoms with Crippen LogP contribution >= 0.6 is 0 Å². The molecule has 0 saturated carbocycles. The Balaban J connectivity index is 0.000000211. The summed E-state index contributed by atoms with van der Waals surface area (Å²) in [7, 11) is 0. The number of amides is 1. The minimum Gasteiger partial charge on any atom is -0.366 e. The Morgan fingerprint density at radius 3 is 2.10 bits per heavy atom. The summed E-state index contributed by atoms with van der Waals surface area (Å²) in [5.41, 5.74) is 8.65. The Kier molecular flexibility index (Phi) is 6.27. The molecule has 110 valence electrons. The molecule has 2 aromatic rings. The van der Waals surface area contributed by atoms with Crippen molar-refractivity contribution in [3.63, 3.8) is 0 Å². The third-order valence-corrected chi connectivity index (χ3v) is 2.77. The van der Waals surface area contributed by atoms with Crippen molar-refractivity contribution in [3.05, 3.63) is 65.0 Å². The summed E-state index contributed by atoms with van der Waals surface area (Å²) in [6.07, 6.45) is 2.03. The van der Waals surface area contributed by atoms with E-state index >= 15 is 0 Å². The Morgan fingerprint density at radius 2 is 1.67 bits per heavy atom. The highest BCUT2D eigenvalue weighted by Crippen LogP contribution is 2.03. The molecule has 1 aromatic carbocycles. The topological polar surface area (TPSA) is 73.1 Å². The normalized spacial score (nSPS) is 9.48. The standard InChI is InChI=1S/C10H12O.C7H8N2O/c1-8-3-5-10(6-4-8)7-9(2)11;1-5-2-3-6(4-9-5)7(8)10/h3-6H,7H2,1-2H3;2-4H,1H3,(H2,8,10). The summed E-state index contributed by atoms with van der Waals surface area (Å²) in [6.45, 7) is 5.50. The van der Waals surface area contributed by atoms with E-state index in [-0.39, 0.29) is 5.78 Å². The van der Waals surface area contributed by atoms with Crippen molar-refractivity contribution in [2.45, 2.75) is 27.2 Å². The maximum atomic E-state index is 10.7. The fourth-order valence-electron chi connectivity index (χ4n) is 1.61. The number of benzene rings is 1. The lowest BCUT2D eigenvalue weighted by atomic mass is 10.1. The van der Waals surface area contributed by atoms with Crippen LogP contribution < -0.4 is 5.73 Å². The predicted molar refractivity (Wildman–Crippen MR) is 83.1 cm³/mol. The van der Waals surface area contributed by atoms with Crippen LogP contribution in [0.1, 0.15) is 34.1 Å². The molecule has 1 heterocycles. The van der Waals surface area contributed by atoms with Gasteiger partial charge in [0.25, 0.3) is 0 Å². The van der Waals surface area contributed by atoms with E-state index in [9.17, 15) is 9.59 Å². The van der Waals surface area contributed by atoms with Crippen LogP contribution in [0.3, 0.4) is 0 Å². The fourth-order valence-corrected chi connectivity index (χ4v) is 1.61. The van der Waals surface area contributed by atoms with Gasteiger partial charge in [-0.15, -0.1) is 0 Å². The number of pyridine rings is 1. The van der Waals surface area contributed by atoms with E-state index < -0.39 is 5.91 Å². The molecule has 0 aliphatic rings. The average molecular weight is 284 g/mol. The monoisotopic (exact) mass is 284 g/mol. The first-order valence-electron chi connectivity index (χ1n) is 6.66. The SMILES string of the molecule is CC(=O)Cc1ccc(C)cc1.Cc1ccc(C(N)=O)cn1. The van der Waals surface area contributed by atoms with Crippen LogP contribution in [0.25, 0.3) is 0 Å².